The van der Waals surface area contributed by atoms with Crippen molar-refractivity contribution in [3.63, 3.8) is 0 Å². The van der Waals surface area contributed by atoms with Crippen LogP contribution in [-0.2, 0) is 25.7 Å². The van der Waals surface area contributed by atoms with Crippen molar-refractivity contribution in [3.8, 4) is 10.4 Å². The van der Waals surface area contributed by atoms with Crippen LogP contribution in [0.5, 0.6) is 0 Å². The number of aliphatic hydroxyl groups excluding tert-OH is 1. The molecule has 2 saturated heterocycles. The van der Waals surface area contributed by atoms with E-state index in [4.69, 9.17) is 11.6 Å². The normalized spacial score (nSPS) is 16.4. The summed E-state index contributed by atoms with van der Waals surface area (Å²) in [6.45, 7) is 14.0. The van der Waals surface area contributed by atoms with E-state index >= 15 is 0 Å². The highest BCUT2D eigenvalue weighted by Crippen LogP contribution is 2.31. The Bertz CT molecular complexity index is 2680. The van der Waals surface area contributed by atoms with Crippen molar-refractivity contribution in [1.29, 1.82) is 0 Å². The van der Waals surface area contributed by atoms with Crippen LogP contribution in [0.4, 0.5) is 22.5 Å². The Balaban J connectivity index is 0.775. The number of unbranched alkanes of at least 4 members (excludes halogenated alkanes) is 5. The first kappa shape index (κ1) is 53.8. The van der Waals surface area contributed by atoms with Gasteiger partial charge in [-0.15, -0.1) is 11.3 Å². The molecule has 72 heavy (non-hydrogen) atoms. The molecule has 17 nitrogen and oxygen atoms in total. The summed E-state index contributed by atoms with van der Waals surface area (Å²) < 4.78 is 0. The quantitative estimate of drug-likeness (QED) is 0.0467. The molecule has 3 atom stereocenters. The molecule has 2 aromatic carbocycles. The number of hydrogen-bond donors (Lipinski definition) is 5. The fourth-order valence-corrected chi connectivity index (χ4v) is 10.7. The van der Waals surface area contributed by atoms with Crippen LogP contribution in [0.25, 0.3) is 10.4 Å². The maximum Gasteiger partial charge on any atom is 0.267 e. The van der Waals surface area contributed by atoms with Gasteiger partial charge in [0.2, 0.25) is 23.6 Å². The van der Waals surface area contributed by atoms with Crippen molar-refractivity contribution < 1.29 is 29.1 Å². The third-order valence-electron chi connectivity index (χ3n) is 13.0. The lowest BCUT2D eigenvalue weighted by molar-refractivity contribution is -0.144. The number of para-hydroxylation sites is 1. The van der Waals surface area contributed by atoms with E-state index in [-0.39, 0.29) is 55.5 Å². The van der Waals surface area contributed by atoms with Gasteiger partial charge < -0.3 is 41.1 Å². The Hall–Kier alpha value is -6.02. The second-order valence-corrected chi connectivity index (χ2v) is 21.9. The molecule has 3 aromatic heterocycles. The smallest absolute Gasteiger partial charge is 0.267 e. The fourth-order valence-electron chi connectivity index (χ4n) is 8.92. The van der Waals surface area contributed by atoms with E-state index in [2.05, 4.69) is 46.1 Å². The first-order valence-electron chi connectivity index (χ1n) is 24.7. The lowest BCUT2D eigenvalue weighted by Gasteiger charge is -2.35. The maximum atomic E-state index is 14.0. The van der Waals surface area contributed by atoms with Gasteiger partial charge in [0, 0.05) is 64.6 Å². The second kappa shape index (κ2) is 24.6. The van der Waals surface area contributed by atoms with Crippen molar-refractivity contribution in [2.24, 2.45) is 5.41 Å². The fraction of sp³-hybridized carbons (Fsp3) is 0.481. The number of thiazole rings is 2. The molecule has 2 aliphatic rings. The molecule has 5 aromatic rings. The predicted octanol–water partition coefficient (Wildman–Crippen LogP) is 8.21. The summed E-state index contributed by atoms with van der Waals surface area (Å²) in [6.07, 6.45) is 6.63. The summed E-state index contributed by atoms with van der Waals surface area (Å²) in [6, 6.07) is 13.5. The number of benzene rings is 2. The Labute approximate surface area is 434 Å². The van der Waals surface area contributed by atoms with Gasteiger partial charge in [0.1, 0.15) is 34.4 Å². The summed E-state index contributed by atoms with van der Waals surface area (Å²) in [5.74, 6) is 0.766. The number of β-amino-alcohol motifs (C(OH)–C–C–N with tert-alkyl or cyclic N) is 1. The lowest BCUT2D eigenvalue weighted by Crippen LogP contribution is -2.57. The lowest BCUT2D eigenvalue weighted by atomic mass is 9.85. The summed E-state index contributed by atoms with van der Waals surface area (Å²) in [4.78, 5) is 91.8. The highest BCUT2D eigenvalue weighted by atomic mass is 35.5. The highest BCUT2D eigenvalue weighted by Gasteiger charge is 2.44. The van der Waals surface area contributed by atoms with Crippen LogP contribution in [0.3, 0.4) is 0 Å². The zero-order chi connectivity index (χ0) is 51.5. The molecular formula is C52H66ClN11O6S2. The Morgan fingerprint density at radius 1 is 0.889 bits per heavy atom. The van der Waals surface area contributed by atoms with Gasteiger partial charge in [0.05, 0.1) is 39.1 Å². The molecule has 0 radical (unpaired) electrons. The van der Waals surface area contributed by atoms with Crippen LogP contribution in [0, 0.1) is 26.2 Å². The number of halogens is 1. The van der Waals surface area contributed by atoms with E-state index in [0.717, 1.165) is 65.2 Å². The number of rotatable bonds is 20. The second-order valence-electron chi connectivity index (χ2n) is 19.6. The van der Waals surface area contributed by atoms with Crippen LogP contribution in [0.15, 0.2) is 60.2 Å². The van der Waals surface area contributed by atoms with Crippen LogP contribution < -0.4 is 26.2 Å². The van der Waals surface area contributed by atoms with Crippen LogP contribution in [-0.4, -0.2) is 115 Å². The number of carbonyl (C=O) groups is 5. The van der Waals surface area contributed by atoms with Crippen LogP contribution in [0.1, 0.15) is 111 Å². The summed E-state index contributed by atoms with van der Waals surface area (Å²) in [5, 5.41) is 23.6. The number of nitrogens with one attached hydrogen (secondary N) is 4. The molecule has 2 fully saturated rings. The van der Waals surface area contributed by atoms with E-state index in [1.54, 1.807) is 17.4 Å². The van der Waals surface area contributed by atoms with Gasteiger partial charge in [-0.25, -0.2) is 19.9 Å². The Morgan fingerprint density at radius 3 is 2.28 bits per heavy atom. The average molecular weight is 1040 g/mol. The van der Waals surface area contributed by atoms with Gasteiger partial charge in [-0.2, -0.15) is 0 Å². The van der Waals surface area contributed by atoms with Gasteiger partial charge in [0.25, 0.3) is 5.91 Å². The molecule has 0 spiro atoms. The molecule has 5 N–H and O–H groups in total. The van der Waals surface area contributed by atoms with E-state index in [1.807, 2.05) is 94.4 Å². The molecule has 384 valence electrons. The number of aliphatic hydroxyl groups is 1. The minimum atomic E-state index is -0.876. The Morgan fingerprint density at radius 2 is 1.60 bits per heavy atom. The molecule has 7 rings (SSSR count). The van der Waals surface area contributed by atoms with Crippen LogP contribution in [0.2, 0.25) is 5.02 Å². The number of carbonyl (C=O) groups excluding carboxylic acids is 5. The third kappa shape index (κ3) is 14.4. The molecule has 5 amide bonds. The zero-order valence-electron chi connectivity index (χ0n) is 41.9. The SMILES string of the molecule is Cc1nc(Nc2ncc(C(=O)Nc3c(C)cccc3Cl)s2)cc(N2CCN(C(=O)CCCCCCCCC(=O)NC(C(=O)N3C[C@H](O)C[C@H]3C(=O)NCc3ccc(-c4scnc4C)cc3)C(C)(C)C)CC2)n1. The number of piperazine rings is 1. The molecule has 0 bridgehead atoms. The van der Waals surface area contributed by atoms with Gasteiger partial charge in [-0.3, -0.25) is 24.0 Å². The number of hydrogen-bond acceptors (Lipinski definition) is 14. The largest absolute Gasteiger partial charge is 0.391 e. The monoisotopic (exact) mass is 1040 g/mol. The van der Waals surface area contributed by atoms with Crippen LogP contribution >= 0.6 is 34.3 Å². The van der Waals surface area contributed by atoms with Gasteiger partial charge in [-0.05, 0) is 61.8 Å². The average Bonchev–Trinajstić information content (AvgIpc) is 4.11. The zero-order valence-corrected chi connectivity index (χ0v) is 44.3. The summed E-state index contributed by atoms with van der Waals surface area (Å²) in [5.41, 5.74) is 5.53. The maximum absolute atomic E-state index is 14.0. The Kier molecular flexibility index (Phi) is 18.4. The molecule has 0 saturated carbocycles. The molecule has 1 unspecified atom stereocenters. The standard InChI is InChI=1S/C52H66ClN11O6S2/c1-32-14-13-15-38(53)45(32)61-49(69)40-29-55-51(72-40)59-41-27-42(58-34(3)57-41)62-22-24-63(25-23-62)44(67)17-12-10-8-7-9-11-16-43(66)60-47(52(4,5)6)50(70)64-30-37(65)26-39(64)48(68)54-28-35-18-20-36(21-19-35)46-33(2)56-31-71-46/h13-15,18-21,27,29,31,37,39,47,65H,7-12,16-17,22-26,28,30H2,1-6H3,(H,54,68)(H,60,66)(H,61,69)(H,55,57,58,59)/t37-,39+,47?/m1/s1. The summed E-state index contributed by atoms with van der Waals surface area (Å²) >= 11 is 9.08. The van der Waals surface area contributed by atoms with Crippen molar-refractivity contribution in [2.75, 3.05) is 48.3 Å². The van der Waals surface area contributed by atoms with E-state index in [9.17, 15) is 29.1 Å². The van der Waals surface area contributed by atoms with Gasteiger partial charge in [-0.1, -0.05) is 106 Å². The van der Waals surface area contributed by atoms with Crippen molar-refractivity contribution >= 4 is 86.3 Å². The third-order valence-corrected chi connectivity index (χ3v) is 15.2. The highest BCUT2D eigenvalue weighted by molar-refractivity contribution is 7.17. The van der Waals surface area contributed by atoms with Crippen molar-refractivity contribution in [3.05, 3.63) is 92.8 Å². The topological polar surface area (TPSA) is 215 Å². The molecule has 5 heterocycles. The minimum Gasteiger partial charge on any atom is -0.391 e. The predicted molar refractivity (Wildman–Crippen MR) is 284 cm³/mol. The molecule has 2 aliphatic heterocycles. The number of likely N-dealkylation sites (tertiary alicyclic amines) is 1. The minimum absolute atomic E-state index is 0.0168. The number of amides is 5. The van der Waals surface area contributed by atoms with Gasteiger partial charge in [0.15, 0.2) is 5.13 Å². The number of aromatic nitrogens is 4. The van der Waals surface area contributed by atoms with Crippen molar-refractivity contribution in [2.45, 2.75) is 124 Å². The van der Waals surface area contributed by atoms with E-state index in [0.29, 0.717) is 71.4 Å². The molecular weight excluding hydrogens is 974 g/mol. The van der Waals surface area contributed by atoms with E-state index in [1.165, 1.54) is 22.4 Å². The number of anilines is 4. The van der Waals surface area contributed by atoms with Gasteiger partial charge >= 0.3 is 0 Å². The van der Waals surface area contributed by atoms with Crippen molar-refractivity contribution in [1.82, 2.24) is 40.4 Å². The van der Waals surface area contributed by atoms with E-state index < -0.39 is 23.6 Å². The molecule has 20 heteroatoms. The number of nitrogens with zero attached hydrogens (tertiary/aromatic N) is 7. The molecule has 0 aliphatic carbocycles. The summed E-state index contributed by atoms with van der Waals surface area (Å²) in [7, 11) is 0. The number of aryl methyl sites for hydroxylation is 3. The first-order valence-corrected chi connectivity index (χ1v) is 26.7. The first-order chi connectivity index (χ1) is 34.4.